The Morgan fingerprint density at radius 2 is 1.88 bits per heavy atom. The molecule has 124 valence electrons. The summed E-state index contributed by atoms with van der Waals surface area (Å²) in [7, 11) is 0. The van der Waals surface area contributed by atoms with E-state index in [9.17, 15) is 9.59 Å². The summed E-state index contributed by atoms with van der Waals surface area (Å²) in [6.45, 7) is 1.75. The van der Waals surface area contributed by atoms with Gasteiger partial charge in [0, 0.05) is 16.6 Å². The second-order valence-corrected chi connectivity index (χ2v) is 6.63. The Hall–Kier alpha value is -2.27. The predicted octanol–water partition coefficient (Wildman–Crippen LogP) is 3.54. The Morgan fingerprint density at radius 1 is 1.17 bits per heavy atom. The van der Waals surface area contributed by atoms with E-state index in [2.05, 4.69) is 0 Å². The predicted molar refractivity (Wildman–Crippen MR) is 95.6 cm³/mol. The third-order valence-corrected chi connectivity index (χ3v) is 4.87. The van der Waals surface area contributed by atoms with Gasteiger partial charge in [0.15, 0.2) is 6.61 Å². The molecule has 0 aliphatic carbocycles. The molecule has 1 aliphatic rings. The number of hydrogen-bond donors (Lipinski definition) is 0. The third-order valence-electron chi connectivity index (χ3n) is 4.13. The van der Waals surface area contributed by atoms with E-state index in [1.807, 2.05) is 49.6 Å². The molecule has 3 rings (SSSR count). The first-order valence-electron chi connectivity index (χ1n) is 7.81. The van der Waals surface area contributed by atoms with E-state index in [1.54, 1.807) is 28.8 Å². The van der Waals surface area contributed by atoms with Crippen LogP contribution in [0.1, 0.15) is 22.8 Å². The van der Waals surface area contributed by atoms with E-state index in [0.29, 0.717) is 5.56 Å². The molecule has 24 heavy (non-hydrogen) atoms. The summed E-state index contributed by atoms with van der Waals surface area (Å²) in [6, 6.07) is 15.1. The lowest BCUT2D eigenvalue weighted by Gasteiger charge is -2.22. The molecule has 2 aromatic rings. The van der Waals surface area contributed by atoms with Crippen molar-refractivity contribution >= 4 is 29.3 Å². The molecular formula is C19H19NO3S. The number of benzene rings is 2. The topological polar surface area (TPSA) is 46.6 Å². The van der Waals surface area contributed by atoms with Crippen LogP contribution in [0.4, 0.5) is 5.69 Å². The van der Waals surface area contributed by atoms with Crippen molar-refractivity contribution in [1.29, 1.82) is 0 Å². The van der Waals surface area contributed by atoms with Crippen molar-refractivity contribution in [2.45, 2.75) is 24.3 Å². The Labute approximate surface area is 145 Å². The number of thioether (sulfide) groups is 1. The zero-order chi connectivity index (χ0) is 17.1. The molecular weight excluding hydrogens is 322 g/mol. The first kappa shape index (κ1) is 16.6. The standard InChI is InChI=1S/C19H19NO3S/c1-13-11-15-5-3-4-6-17(15)20(13)18(21)12-23-19(22)14-7-9-16(24-2)10-8-14/h3-10,13H,11-12H2,1-2H3/t13-/m1/s1. The lowest BCUT2D eigenvalue weighted by Crippen LogP contribution is -2.38. The molecule has 0 spiro atoms. The lowest BCUT2D eigenvalue weighted by molar-refractivity contribution is -0.122. The van der Waals surface area contributed by atoms with Crippen LogP contribution < -0.4 is 4.90 Å². The number of anilines is 1. The largest absolute Gasteiger partial charge is 0.452 e. The normalized spacial score (nSPS) is 15.9. The fourth-order valence-corrected chi connectivity index (χ4v) is 3.36. The van der Waals surface area contributed by atoms with Crippen LogP contribution in [0.5, 0.6) is 0 Å². The summed E-state index contributed by atoms with van der Waals surface area (Å²) in [4.78, 5) is 27.4. The number of carbonyl (C=O) groups excluding carboxylic acids is 2. The van der Waals surface area contributed by atoms with Crippen LogP contribution in [0, 0.1) is 0 Å². The molecule has 0 saturated carbocycles. The molecule has 0 unspecified atom stereocenters. The molecule has 5 heteroatoms. The first-order chi connectivity index (χ1) is 11.6. The highest BCUT2D eigenvalue weighted by Crippen LogP contribution is 2.31. The van der Waals surface area contributed by atoms with Crippen LogP contribution in [-0.4, -0.2) is 30.8 Å². The number of nitrogens with zero attached hydrogens (tertiary/aromatic N) is 1. The molecule has 1 aliphatic heterocycles. The summed E-state index contributed by atoms with van der Waals surface area (Å²) in [6.07, 6.45) is 2.80. The van der Waals surface area contributed by atoms with E-state index in [4.69, 9.17) is 4.74 Å². The Morgan fingerprint density at radius 3 is 2.58 bits per heavy atom. The fourth-order valence-electron chi connectivity index (χ4n) is 2.95. The number of esters is 1. The number of carbonyl (C=O) groups is 2. The van der Waals surface area contributed by atoms with Gasteiger partial charge in [0.2, 0.25) is 0 Å². The van der Waals surface area contributed by atoms with Crippen molar-refractivity contribution in [2.75, 3.05) is 17.8 Å². The maximum atomic E-state index is 12.5. The van der Waals surface area contributed by atoms with Crippen LogP contribution in [0.25, 0.3) is 0 Å². The van der Waals surface area contributed by atoms with E-state index in [0.717, 1.165) is 22.6 Å². The molecule has 0 N–H and O–H groups in total. The lowest BCUT2D eigenvalue weighted by atomic mass is 10.1. The number of hydrogen-bond acceptors (Lipinski definition) is 4. The van der Waals surface area contributed by atoms with Gasteiger partial charge in [-0.15, -0.1) is 11.8 Å². The Bertz CT molecular complexity index is 757. The molecule has 0 aromatic heterocycles. The number of amides is 1. The molecule has 1 heterocycles. The van der Waals surface area contributed by atoms with Crippen LogP contribution >= 0.6 is 11.8 Å². The summed E-state index contributed by atoms with van der Waals surface area (Å²) >= 11 is 1.61. The van der Waals surface area contributed by atoms with Gasteiger partial charge in [-0.2, -0.15) is 0 Å². The second kappa shape index (κ2) is 7.09. The molecule has 2 aromatic carbocycles. The summed E-state index contributed by atoms with van der Waals surface area (Å²) in [5, 5.41) is 0. The molecule has 0 bridgehead atoms. The van der Waals surface area contributed by atoms with Gasteiger partial charge in [0.1, 0.15) is 0 Å². The highest BCUT2D eigenvalue weighted by atomic mass is 32.2. The maximum absolute atomic E-state index is 12.5. The number of rotatable bonds is 4. The summed E-state index contributed by atoms with van der Waals surface area (Å²) in [5.41, 5.74) is 2.52. The van der Waals surface area contributed by atoms with Gasteiger partial charge in [-0.1, -0.05) is 18.2 Å². The highest BCUT2D eigenvalue weighted by molar-refractivity contribution is 7.98. The summed E-state index contributed by atoms with van der Waals surface area (Å²) in [5.74, 6) is -0.669. The van der Waals surface area contributed by atoms with Crippen molar-refractivity contribution < 1.29 is 14.3 Å². The van der Waals surface area contributed by atoms with E-state index >= 15 is 0 Å². The number of para-hydroxylation sites is 1. The quantitative estimate of drug-likeness (QED) is 0.630. The van der Waals surface area contributed by atoms with Crippen molar-refractivity contribution in [2.24, 2.45) is 0 Å². The zero-order valence-corrected chi connectivity index (χ0v) is 14.5. The summed E-state index contributed by atoms with van der Waals surface area (Å²) < 4.78 is 5.20. The van der Waals surface area contributed by atoms with Gasteiger partial charge < -0.3 is 9.64 Å². The number of ether oxygens (including phenoxy) is 1. The Balaban J connectivity index is 1.64. The van der Waals surface area contributed by atoms with Crippen LogP contribution in [0.3, 0.4) is 0 Å². The molecule has 0 radical (unpaired) electrons. The van der Waals surface area contributed by atoms with Crippen molar-refractivity contribution in [3.63, 3.8) is 0 Å². The van der Waals surface area contributed by atoms with Crippen molar-refractivity contribution in [1.82, 2.24) is 0 Å². The highest BCUT2D eigenvalue weighted by Gasteiger charge is 2.30. The zero-order valence-electron chi connectivity index (χ0n) is 13.7. The molecule has 4 nitrogen and oxygen atoms in total. The Kier molecular flexibility index (Phi) is 4.90. The van der Waals surface area contributed by atoms with Crippen molar-refractivity contribution in [3.05, 3.63) is 59.7 Å². The average Bonchev–Trinajstić information content (AvgIpc) is 2.95. The van der Waals surface area contributed by atoms with Gasteiger partial charge in [0.25, 0.3) is 5.91 Å². The molecule has 1 amide bonds. The van der Waals surface area contributed by atoms with Gasteiger partial charge in [-0.25, -0.2) is 4.79 Å². The maximum Gasteiger partial charge on any atom is 0.338 e. The van der Waals surface area contributed by atoms with Gasteiger partial charge >= 0.3 is 5.97 Å². The van der Waals surface area contributed by atoms with Crippen LogP contribution in [0.15, 0.2) is 53.4 Å². The van der Waals surface area contributed by atoms with Crippen LogP contribution in [0.2, 0.25) is 0 Å². The second-order valence-electron chi connectivity index (χ2n) is 5.75. The molecule has 0 saturated heterocycles. The smallest absolute Gasteiger partial charge is 0.338 e. The fraction of sp³-hybridized carbons (Fsp3) is 0.263. The minimum absolute atomic E-state index is 0.0782. The van der Waals surface area contributed by atoms with E-state index in [1.165, 1.54) is 0 Å². The van der Waals surface area contributed by atoms with Crippen molar-refractivity contribution in [3.8, 4) is 0 Å². The van der Waals surface area contributed by atoms with Gasteiger partial charge in [-0.3, -0.25) is 4.79 Å². The minimum Gasteiger partial charge on any atom is -0.452 e. The number of fused-ring (bicyclic) bond motifs is 1. The SMILES string of the molecule is CSc1ccc(C(=O)OCC(=O)N2c3ccccc3C[C@H]2C)cc1. The molecule has 1 atom stereocenters. The minimum atomic E-state index is -0.476. The van der Waals surface area contributed by atoms with Crippen LogP contribution in [-0.2, 0) is 16.0 Å². The van der Waals surface area contributed by atoms with Gasteiger partial charge in [0.05, 0.1) is 5.56 Å². The monoisotopic (exact) mass is 341 g/mol. The van der Waals surface area contributed by atoms with E-state index in [-0.39, 0.29) is 18.6 Å². The molecule has 0 fully saturated rings. The third kappa shape index (κ3) is 3.31. The average molecular weight is 341 g/mol. The first-order valence-corrected chi connectivity index (χ1v) is 9.04. The van der Waals surface area contributed by atoms with E-state index < -0.39 is 5.97 Å². The van der Waals surface area contributed by atoms with Gasteiger partial charge in [-0.05, 0) is 55.5 Å².